The molecule has 2 aliphatic rings. The number of aromatic nitrogens is 2. The molecule has 3 heterocycles. The summed E-state index contributed by atoms with van der Waals surface area (Å²) in [7, 11) is 0. The van der Waals surface area contributed by atoms with Crippen LogP contribution in [0.2, 0.25) is 0 Å². The fourth-order valence-electron chi connectivity index (χ4n) is 5.75. The Kier molecular flexibility index (Phi) is 8.92. The molecule has 1 aromatic carbocycles. The van der Waals surface area contributed by atoms with Crippen LogP contribution in [0.15, 0.2) is 41.3 Å². The van der Waals surface area contributed by atoms with E-state index in [1.54, 1.807) is 22.6 Å². The summed E-state index contributed by atoms with van der Waals surface area (Å²) in [4.78, 5) is 46.1. The Bertz CT molecular complexity index is 1390. The molecule has 0 amide bonds. The second-order valence-corrected chi connectivity index (χ2v) is 9.94. The van der Waals surface area contributed by atoms with E-state index in [4.69, 9.17) is 0 Å². The second kappa shape index (κ2) is 12.0. The number of carboxylic acid groups (broad SMARTS) is 1. The van der Waals surface area contributed by atoms with Gasteiger partial charge in [0.2, 0.25) is 0 Å². The molecule has 2 fully saturated rings. The van der Waals surface area contributed by atoms with Gasteiger partial charge in [0.25, 0.3) is 5.56 Å². The van der Waals surface area contributed by atoms with Crippen molar-refractivity contribution in [3.63, 3.8) is 0 Å². The van der Waals surface area contributed by atoms with Crippen LogP contribution in [-0.2, 0) is 4.79 Å². The first kappa shape index (κ1) is 28.3. The molecule has 0 spiro atoms. The molecule has 0 unspecified atom stereocenters. The SMILES string of the molecule is CC(=O)c1c(C)c2ccc(N(CC(=O)[O-])c3ccc(N4CCNCC4)cn3)cc2n(C2CCCC2)c1=O.[Na+]. The third-order valence-electron chi connectivity index (χ3n) is 7.58. The van der Waals surface area contributed by atoms with Crippen LogP contribution >= 0.6 is 0 Å². The number of aryl methyl sites for hydroxylation is 1. The molecule has 3 aromatic rings. The molecule has 1 saturated heterocycles. The molecule has 0 atom stereocenters. The molecule has 5 rings (SSSR count). The van der Waals surface area contributed by atoms with Gasteiger partial charge in [0.05, 0.1) is 35.5 Å². The molecule has 0 radical (unpaired) electrons. The zero-order chi connectivity index (χ0) is 26.1. The molecule has 1 N–H and O–H groups in total. The summed E-state index contributed by atoms with van der Waals surface area (Å²) in [6.45, 7) is 6.42. The van der Waals surface area contributed by atoms with Crippen molar-refractivity contribution in [3.05, 3.63) is 58.0 Å². The molecule has 10 heteroatoms. The van der Waals surface area contributed by atoms with Crippen molar-refractivity contribution in [2.24, 2.45) is 0 Å². The van der Waals surface area contributed by atoms with Gasteiger partial charge in [-0.2, -0.15) is 0 Å². The number of benzene rings is 1. The number of carbonyl (C=O) groups excluding carboxylic acids is 2. The minimum Gasteiger partial charge on any atom is -0.548 e. The number of carbonyl (C=O) groups is 2. The predicted octanol–water partition coefficient (Wildman–Crippen LogP) is -0.676. The van der Waals surface area contributed by atoms with Crippen molar-refractivity contribution < 1.29 is 44.3 Å². The van der Waals surface area contributed by atoms with Gasteiger partial charge < -0.3 is 29.6 Å². The van der Waals surface area contributed by atoms with Crippen molar-refractivity contribution >= 4 is 39.8 Å². The van der Waals surface area contributed by atoms with Gasteiger partial charge in [0.15, 0.2) is 5.78 Å². The average molecular weight is 526 g/mol. The second-order valence-electron chi connectivity index (χ2n) is 9.94. The molecule has 194 valence electrons. The Morgan fingerprint density at radius 1 is 1.13 bits per heavy atom. The Morgan fingerprint density at radius 2 is 1.84 bits per heavy atom. The van der Waals surface area contributed by atoms with Crippen LogP contribution in [0.25, 0.3) is 10.9 Å². The van der Waals surface area contributed by atoms with Gasteiger partial charge in [-0.3, -0.25) is 9.59 Å². The topological polar surface area (TPSA) is 111 Å². The third-order valence-corrected chi connectivity index (χ3v) is 7.58. The van der Waals surface area contributed by atoms with Gasteiger partial charge in [0, 0.05) is 43.3 Å². The number of ketones is 1. The number of nitrogens with one attached hydrogen (secondary N) is 1. The third kappa shape index (κ3) is 5.52. The molecule has 9 nitrogen and oxygen atoms in total. The first-order valence-corrected chi connectivity index (χ1v) is 12.9. The van der Waals surface area contributed by atoms with Crippen molar-refractivity contribution in [1.29, 1.82) is 0 Å². The maximum absolute atomic E-state index is 13.6. The summed E-state index contributed by atoms with van der Waals surface area (Å²) in [5.74, 6) is -0.994. The van der Waals surface area contributed by atoms with Crippen LogP contribution in [0.1, 0.15) is 54.6 Å². The smallest absolute Gasteiger partial charge is 0.548 e. The molecular formula is C28H32N5NaO4. The predicted molar refractivity (Wildman–Crippen MR) is 142 cm³/mol. The largest absolute Gasteiger partial charge is 1.00 e. The Balaban J connectivity index is 0.00000336. The molecule has 1 aliphatic heterocycles. The number of aliphatic carboxylic acids is 1. The Labute approximate surface area is 244 Å². The summed E-state index contributed by atoms with van der Waals surface area (Å²) in [5.41, 5.74) is 2.89. The van der Waals surface area contributed by atoms with E-state index in [0.717, 1.165) is 62.9 Å². The summed E-state index contributed by atoms with van der Waals surface area (Å²) < 4.78 is 1.76. The van der Waals surface area contributed by atoms with E-state index in [0.29, 0.717) is 22.6 Å². The minimum atomic E-state index is -1.23. The fourth-order valence-corrected chi connectivity index (χ4v) is 5.75. The number of anilines is 3. The first-order valence-electron chi connectivity index (χ1n) is 12.9. The Hall–Kier alpha value is -2.72. The van der Waals surface area contributed by atoms with Crippen LogP contribution in [0.4, 0.5) is 17.2 Å². The van der Waals surface area contributed by atoms with Crippen molar-refractivity contribution in [2.75, 3.05) is 42.5 Å². The number of piperazine rings is 1. The normalized spacial score (nSPS) is 15.9. The summed E-state index contributed by atoms with van der Waals surface area (Å²) in [5, 5.41) is 15.9. The van der Waals surface area contributed by atoms with Crippen LogP contribution in [0, 0.1) is 6.92 Å². The monoisotopic (exact) mass is 525 g/mol. The van der Waals surface area contributed by atoms with Crippen LogP contribution in [-0.4, -0.2) is 54.0 Å². The number of hydrogen-bond acceptors (Lipinski definition) is 8. The number of Topliss-reactive ketones (excluding diaryl/α,β-unsaturated/α-hetero) is 1. The maximum atomic E-state index is 13.6. The van der Waals surface area contributed by atoms with Gasteiger partial charge >= 0.3 is 29.6 Å². The molecule has 38 heavy (non-hydrogen) atoms. The van der Waals surface area contributed by atoms with Gasteiger partial charge in [-0.25, -0.2) is 4.98 Å². The van der Waals surface area contributed by atoms with Gasteiger partial charge in [-0.05, 0) is 56.5 Å². The molecule has 1 aliphatic carbocycles. The standard InChI is InChI=1S/C28H33N5O4.Na/c1-18-23-9-7-21(15-24(23)33(20-5-3-4-6-20)28(37)27(18)19(2)34)32(17-26(35)36)25-10-8-22(16-30-25)31-13-11-29-12-14-31;/h7-10,15-16,20,29H,3-6,11-14,17H2,1-2H3,(H,35,36);/q;+1/p-1. The quantitative estimate of drug-likeness (QED) is 0.319. The van der Waals surface area contributed by atoms with Gasteiger partial charge in [0.1, 0.15) is 5.82 Å². The number of hydrogen-bond donors (Lipinski definition) is 1. The van der Waals surface area contributed by atoms with E-state index in [-0.39, 0.29) is 59.0 Å². The molecular weight excluding hydrogens is 493 g/mol. The molecule has 1 saturated carbocycles. The van der Waals surface area contributed by atoms with Crippen molar-refractivity contribution in [1.82, 2.24) is 14.9 Å². The minimum absolute atomic E-state index is 0. The van der Waals surface area contributed by atoms with Crippen molar-refractivity contribution in [2.45, 2.75) is 45.6 Å². The summed E-state index contributed by atoms with van der Waals surface area (Å²) in [6, 6.07) is 9.32. The fraction of sp³-hybridized carbons (Fsp3) is 0.429. The molecule has 0 bridgehead atoms. The number of fused-ring (bicyclic) bond motifs is 1. The van der Waals surface area contributed by atoms with E-state index in [1.807, 2.05) is 30.3 Å². The Morgan fingerprint density at radius 3 is 2.45 bits per heavy atom. The van der Waals surface area contributed by atoms with E-state index in [1.165, 1.54) is 6.92 Å². The van der Waals surface area contributed by atoms with Gasteiger partial charge in [-0.1, -0.05) is 18.9 Å². The van der Waals surface area contributed by atoms with E-state index in [9.17, 15) is 19.5 Å². The van der Waals surface area contributed by atoms with Gasteiger partial charge in [-0.15, -0.1) is 0 Å². The number of rotatable bonds is 7. The zero-order valence-electron chi connectivity index (χ0n) is 22.3. The number of pyridine rings is 2. The maximum Gasteiger partial charge on any atom is 1.00 e. The number of nitrogens with zero attached hydrogens (tertiary/aromatic N) is 4. The zero-order valence-corrected chi connectivity index (χ0v) is 24.3. The molecule has 2 aromatic heterocycles. The van der Waals surface area contributed by atoms with E-state index < -0.39 is 5.97 Å². The van der Waals surface area contributed by atoms with Crippen LogP contribution < -0.4 is 55.3 Å². The summed E-state index contributed by atoms with van der Waals surface area (Å²) >= 11 is 0. The van der Waals surface area contributed by atoms with E-state index in [2.05, 4.69) is 15.2 Å². The first-order chi connectivity index (χ1) is 17.8. The summed E-state index contributed by atoms with van der Waals surface area (Å²) in [6.07, 6.45) is 5.57. The van der Waals surface area contributed by atoms with Crippen molar-refractivity contribution in [3.8, 4) is 0 Å². The average Bonchev–Trinajstić information content (AvgIpc) is 3.42. The van der Waals surface area contributed by atoms with Crippen LogP contribution in [0.3, 0.4) is 0 Å². The van der Waals surface area contributed by atoms with Crippen LogP contribution in [0.5, 0.6) is 0 Å². The van der Waals surface area contributed by atoms with E-state index >= 15 is 0 Å². The number of carboxylic acids is 1.